The van der Waals surface area contributed by atoms with Crippen molar-refractivity contribution in [2.45, 2.75) is 6.61 Å². The number of aromatic amines is 1. The molecule has 0 saturated carbocycles. The van der Waals surface area contributed by atoms with Gasteiger partial charge < -0.3 is 9.47 Å². The molecule has 7 nitrogen and oxygen atoms in total. The van der Waals surface area contributed by atoms with E-state index in [0.717, 1.165) is 11.1 Å². The van der Waals surface area contributed by atoms with Crippen molar-refractivity contribution in [3.05, 3.63) is 92.2 Å². The fourth-order valence-electron chi connectivity index (χ4n) is 2.99. The lowest BCUT2D eigenvalue weighted by atomic mass is 10.2. The van der Waals surface area contributed by atoms with Crippen molar-refractivity contribution in [3.63, 3.8) is 0 Å². The molecule has 4 rings (SSSR count). The zero-order valence-corrected chi connectivity index (χ0v) is 18.4. The van der Waals surface area contributed by atoms with Gasteiger partial charge in [-0.1, -0.05) is 41.4 Å². The van der Waals surface area contributed by atoms with Crippen molar-refractivity contribution in [3.8, 4) is 11.5 Å². The molecule has 0 aliphatic carbocycles. The molecule has 0 spiro atoms. The molecule has 0 radical (unpaired) electrons. The Morgan fingerprint density at radius 2 is 1.94 bits per heavy atom. The molecule has 162 valence electrons. The molecule has 0 amide bonds. The molecule has 0 fully saturated rings. The number of aromatic nitrogens is 2. The minimum Gasteiger partial charge on any atom is -0.493 e. The Hall–Kier alpha value is -3.55. The minimum atomic E-state index is -0.239. The Morgan fingerprint density at radius 3 is 2.75 bits per heavy atom. The maximum Gasteiger partial charge on any atom is 0.260 e. The van der Waals surface area contributed by atoms with Gasteiger partial charge in [-0.25, -0.2) is 10.4 Å². The first-order chi connectivity index (χ1) is 15.5. The first-order valence-electron chi connectivity index (χ1n) is 9.56. The van der Waals surface area contributed by atoms with E-state index in [4.69, 9.17) is 32.7 Å². The summed E-state index contributed by atoms with van der Waals surface area (Å²) in [5, 5.41) is 5.76. The molecule has 0 saturated heterocycles. The van der Waals surface area contributed by atoms with Crippen LogP contribution in [-0.2, 0) is 6.61 Å². The second kappa shape index (κ2) is 9.72. The number of nitrogens with one attached hydrogen (secondary N) is 2. The fraction of sp³-hybridized carbons (Fsp3) is 0.0870. The Kier molecular flexibility index (Phi) is 6.58. The van der Waals surface area contributed by atoms with Crippen LogP contribution in [0.5, 0.6) is 11.5 Å². The number of hydrogen-bond donors (Lipinski definition) is 2. The Balaban J connectivity index is 1.45. The number of rotatable bonds is 7. The lowest BCUT2D eigenvalue weighted by Gasteiger charge is -2.12. The van der Waals surface area contributed by atoms with Crippen LogP contribution in [0.3, 0.4) is 0 Å². The molecule has 0 aliphatic heterocycles. The molecule has 3 aromatic carbocycles. The highest BCUT2D eigenvalue weighted by molar-refractivity contribution is 6.35. The molecule has 0 bridgehead atoms. The minimum absolute atomic E-state index is 0.239. The summed E-state index contributed by atoms with van der Waals surface area (Å²) in [6.07, 6.45) is 1.58. The molecular formula is C23H18Cl2N4O3. The van der Waals surface area contributed by atoms with Crippen molar-refractivity contribution < 1.29 is 9.47 Å². The Morgan fingerprint density at radius 1 is 1.09 bits per heavy atom. The van der Waals surface area contributed by atoms with Gasteiger partial charge in [-0.3, -0.25) is 9.78 Å². The van der Waals surface area contributed by atoms with Gasteiger partial charge in [-0.15, -0.1) is 0 Å². The first-order valence-corrected chi connectivity index (χ1v) is 10.3. The van der Waals surface area contributed by atoms with Crippen LogP contribution in [-0.4, -0.2) is 23.3 Å². The van der Waals surface area contributed by atoms with Crippen LogP contribution in [0.2, 0.25) is 10.0 Å². The van der Waals surface area contributed by atoms with Gasteiger partial charge in [0.05, 0.1) is 24.2 Å². The van der Waals surface area contributed by atoms with E-state index >= 15 is 0 Å². The summed E-state index contributed by atoms with van der Waals surface area (Å²) in [7, 11) is 1.56. The van der Waals surface area contributed by atoms with Crippen molar-refractivity contribution in [1.29, 1.82) is 0 Å². The predicted octanol–water partition coefficient (Wildman–Crippen LogP) is 5.26. The highest BCUT2D eigenvalue weighted by atomic mass is 35.5. The largest absolute Gasteiger partial charge is 0.493 e. The van der Waals surface area contributed by atoms with Crippen LogP contribution in [0, 0.1) is 0 Å². The Labute approximate surface area is 193 Å². The topological polar surface area (TPSA) is 88.6 Å². The van der Waals surface area contributed by atoms with E-state index in [1.165, 1.54) is 0 Å². The fourth-order valence-corrected chi connectivity index (χ4v) is 3.45. The maximum atomic E-state index is 12.1. The predicted molar refractivity (Wildman–Crippen MR) is 127 cm³/mol. The number of anilines is 1. The zero-order valence-electron chi connectivity index (χ0n) is 16.9. The number of hydrazone groups is 1. The van der Waals surface area contributed by atoms with Gasteiger partial charge in [0, 0.05) is 15.6 Å². The first kappa shape index (κ1) is 21.7. The van der Waals surface area contributed by atoms with Crippen LogP contribution >= 0.6 is 23.2 Å². The van der Waals surface area contributed by atoms with Gasteiger partial charge >= 0.3 is 0 Å². The molecule has 32 heavy (non-hydrogen) atoms. The lowest BCUT2D eigenvalue weighted by molar-refractivity contribution is 0.284. The third kappa shape index (κ3) is 5.01. The SMILES string of the molecule is COc1cc(/C=N\Nc2nc3ccccc3c(=O)[nH]2)ccc1OCc1ccc(Cl)cc1Cl. The van der Waals surface area contributed by atoms with Crippen molar-refractivity contribution in [2.24, 2.45) is 5.10 Å². The quantitative estimate of drug-likeness (QED) is 0.285. The number of fused-ring (bicyclic) bond motifs is 1. The Bertz CT molecular complexity index is 1350. The van der Waals surface area contributed by atoms with Crippen LogP contribution < -0.4 is 20.5 Å². The number of nitrogens with zero attached hydrogens (tertiary/aromatic N) is 2. The number of hydrogen-bond acceptors (Lipinski definition) is 6. The number of halogens is 2. The molecule has 4 aromatic rings. The van der Waals surface area contributed by atoms with Crippen LogP contribution in [0.1, 0.15) is 11.1 Å². The van der Waals surface area contributed by atoms with Gasteiger partial charge in [0.25, 0.3) is 5.56 Å². The summed E-state index contributed by atoms with van der Waals surface area (Å²) in [5.41, 5.74) is 4.65. The zero-order chi connectivity index (χ0) is 22.5. The number of H-pyrrole nitrogens is 1. The molecule has 2 N–H and O–H groups in total. The molecule has 0 atom stereocenters. The summed E-state index contributed by atoms with van der Waals surface area (Å²) in [5.74, 6) is 1.34. The van der Waals surface area contributed by atoms with E-state index in [1.807, 2.05) is 18.2 Å². The van der Waals surface area contributed by atoms with Crippen molar-refractivity contribution in [2.75, 3.05) is 12.5 Å². The molecule has 0 aliphatic rings. The number of ether oxygens (including phenoxy) is 2. The second-order valence-corrected chi connectivity index (χ2v) is 7.58. The third-order valence-corrected chi connectivity index (χ3v) is 5.17. The summed E-state index contributed by atoms with van der Waals surface area (Å²) >= 11 is 12.1. The van der Waals surface area contributed by atoms with E-state index in [1.54, 1.807) is 55.8 Å². The van der Waals surface area contributed by atoms with Crippen LogP contribution in [0.4, 0.5) is 5.95 Å². The van der Waals surface area contributed by atoms with Crippen LogP contribution in [0.25, 0.3) is 10.9 Å². The highest BCUT2D eigenvalue weighted by Crippen LogP contribution is 2.29. The highest BCUT2D eigenvalue weighted by Gasteiger charge is 2.08. The lowest BCUT2D eigenvalue weighted by Crippen LogP contribution is -2.10. The number of para-hydroxylation sites is 1. The molecular weight excluding hydrogens is 451 g/mol. The third-order valence-electron chi connectivity index (χ3n) is 4.58. The molecule has 1 heterocycles. The standard InChI is InChI=1S/C23H18Cl2N4O3/c1-31-21-10-14(6-9-20(21)32-13-15-7-8-16(24)11-18(15)25)12-26-29-23-27-19-5-3-2-4-17(19)22(30)28-23/h2-12H,13H2,1H3,(H2,27,28,29,30)/b26-12-. The number of benzene rings is 3. The van der Waals surface area contributed by atoms with Crippen LogP contribution in [0.15, 0.2) is 70.6 Å². The average Bonchev–Trinajstić information content (AvgIpc) is 2.79. The average molecular weight is 469 g/mol. The van der Waals surface area contributed by atoms with Crippen molar-refractivity contribution in [1.82, 2.24) is 9.97 Å². The monoisotopic (exact) mass is 468 g/mol. The summed E-state index contributed by atoms with van der Waals surface area (Å²) in [6, 6.07) is 17.7. The summed E-state index contributed by atoms with van der Waals surface area (Å²) in [4.78, 5) is 19.1. The van der Waals surface area contributed by atoms with E-state index < -0.39 is 0 Å². The number of methoxy groups -OCH3 is 1. The van der Waals surface area contributed by atoms with Gasteiger partial charge in [-0.2, -0.15) is 5.10 Å². The van der Waals surface area contributed by atoms with Crippen molar-refractivity contribution >= 4 is 46.3 Å². The molecule has 1 aromatic heterocycles. The van der Waals surface area contributed by atoms with Gasteiger partial charge in [0.2, 0.25) is 5.95 Å². The van der Waals surface area contributed by atoms with Gasteiger partial charge in [0.15, 0.2) is 11.5 Å². The van der Waals surface area contributed by atoms with E-state index in [2.05, 4.69) is 20.5 Å². The molecule has 9 heteroatoms. The second-order valence-electron chi connectivity index (χ2n) is 6.74. The van der Waals surface area contributed by atoms with Gasteiger partial charge in [-0.05, 0) is 48.0 Å². The normalized spacial score (nSPS) is 11.1. The smallest absolute Gasteiger partial charge is 0.260 e. The van der Waals surface area contributed by atoms with E-state index in [0.29, 0.717) is 32.4 Å². The van der Waals surface area contributed by atoms with E-state index in [9.17, 15) is 4.79 Å². The molecule has 0 unspecified atom stereocenters. The van der Waals surface area contributed by atoms with Gasteiger partial charge in [0.1, 0.15) is 6.61 Å². The van der Waals surface area contributed by atoms with E-state index in [-0.39, 0.29) is 18.1 Å². The summed E-state index contributed by atoms with van der Waals surface area (Å²) in [6.45, 7) is 0.266. The maximum absolute atomic E-state index is 12.1. The summed E-state index contributed by atoms with van der Waals surface area (Å²) < 4.78 is 11.3.